The first-order valence-electron chi connectivity index (χ1n) is 7.45. The molecular formula is C20H12O4. The van der Waals surface area contributed by atoms with Gasteiger partial charge in [0.2, 0.25) is 5.76 Å². The Hall–Kier alpha value is -3.40. The van der Waals surface area contributed by atoms with Crippen molar-refractivity contribution in [2.75, 3.05) is 0 Å². The third-order valence-corrected chi connectivity index (χ3v) is 3.83. The molecule has 0 bridgehead atoms. The van der Waals surface area contributed by atoms with Crippen LogP contribution in [0.4, 0.5) is 0 Å². The lowest BCUT2D eigenvalue weighted by molar-refractivity contribution is -0.135. The molecule has 0 saturated heterocycles. The van der Waals surface area contributed by atoms with Crippen LogP contribution in [0.2, 0.25) is 0 Å². The molecule has 0 aromatic heterocycles. The van der Waals surface area contributed by atoms with E-state index in [1.807, 2.05) is 42.5 Å². The largest absolute Gasteiger partial charge is 0.420 e. The van der Waals surface area contributed by atoms with Gasteiger partial charge in [-0.25, -0.2) is 9.59 Å². The minimum absolute atomic E-state index is 0.0628. The minimum atomic E-state index is -0.644. The quantitative estimate of drug-likeness (QED) is 0.809. The standard InChI is InChI=1S/C20H12O4/c21-19(24-18-16-7-4-8-17(16)23-20(18)22)15-11-9-14(10-12-15)13-5-2-1-3-6-13/h1-12H. The van der Waals surface area contributed by atoms with Gasteiger partial charge in [0.25, 0.3) is 0 Å². The Balaban J connectivity index is 1.56. The summed E-state index contributed by atoms with van der Waals surface area (Å²) in [7, 11) is 0. The van der Waals surface area contributed by atoms with Crippen molar-refractivity contribution in [3.05, 3.63) is 95.5 Å². The Labute approximate surface area is 138 Å². The van der Waals surface area contributed by atoms with Crippen molar-refractivity contribution < 1.29 is 19.1 Å². The van der Waals surface area contributed by atoms with Gasteiger partial charge < -0.3 is 9.47 Å². The fourth-order valence-electron chi connectivity index (χ4n) is 2.61. The monoisotopic (exact) mass is 316 g/mol. The Morgan fingerprint density at radius 1 is 0.917 bits per heavy atom. The molecule has 4 nitrogen and oxygen atoms in total. The highest BCUT2D eigenvalue weighted by atomic mass is 16.6. The molecule has 0 saturated carbocycles. The lowest BCUT2D eigenvalue weighted by atomic mass is 10.0. The molecule has 0 fully saturated rings. The molecule has 0 unspecified atom stereocenters. The van der Waals surface area contributed by atoms with E-state index >= 15 is 0 Å². The van der Waals surface area contributed by atoms with Crippen molar-refractivity contribution in [1.82, 2.24) is 0 Å². The van der Waals surface area contributed by atoms with E-state index in [2.05, 4.69) is 0 Å². The van der Waals surface area contributed by atoms with Crippen molar-refractivity contribution in [1.29, 1.82) is 0 Å². The van der Waals surface area contributed by atoms with Gasteiger partial charge in [0.15, 0.2) is 0 Å². The molecule has 0 amide bonds. The predicted molar refractivity (Wildman–Crippen MR) is 87.6 cm³/mol. The zero-order valence-corrected chi connectivity index (χ0v) is 12.6. The van der Waals surface area contributed by atoms with E-state index in [-0.39, 0.29) is 5.76 Å². The molecule has 4 heteroatoms. The van der Waals surface area contributed by atoms with Crippen LogP contribution in [0.5, 0.6) is 0 Å². The molecule has 0 atom stereocenters. The number of esters is 2. The topological polar surface area (TPSA) is 52.6 Å². The number of carbonyl (C=O) groups is 2. The smallest absolute Gasteiger partial charge is 0.380 e. The van der Waals surface area contributed by atoms with Gasteiger partial charge >= 0.3 is 11.9 Å². The summed E-state index contributed by atoms with van der Waals surface area (Å²) in [5, 5.41) is 0. The summed E-state index contributed by atoms with van der Waals surface area (Å²) < 4.78 is 10.3. The van der Waals surface area contributed by atoms with E-state index in [9.17, 15) is 9.59 Å². The third kappa shape index (κ3) is 2.44. The van der Waals surface area contributed by atoms with Gasteiger partial charge in [-0.3, -0.25) is 0 Å². The average molecular weight is 316 g/mol. The first-order chi connectivity index (χ1) is 11.7. The molecule has 2 aromatic carbocycles. The number of fused-ring (bicyclic) bond motifs is 1. The number of hydrogen-bond donors (Lipinski definition) is 0. The van der Waals surface area contributed by atoms with E-state index in [0.717, 1.165) is 11.1 Å². The Bertz CT molecular complexity index is 916. The van der Waals surface area contributed by atoms with Gasteiger partial charge in [-0.05, 0) is 35.4 Å². The third-order valence-electron chi connectivity index (χ3n) is 3.83. The van der Waals surface area contributed by atoms with Crippen molar-refractivity contribution in [2.45, 2.75) is 0 Å². The summed E-state index contributed by atoms with van der Waals surface area (Å²) in [5.74, 6) is -0.875. The van der Waals surface area contributed by atoms with Crippen LogP contribution in [-0.2, 0) is 14.3 Å². The second kappa shape index (κ2) is 5.66. The summed E-state index contributed by atoms with van der Waals surface area (Å²) in [6.45, 7) is 0. The zero-order chi connectivity index (χ0) is 16.5. The molecule has 0 N–H and O–H groups in total. The fraction of sp³-hybridized carbons (Fsp3) is 0. The Kier molecular flexibility index (Phi) is 3.35. The van der Waals surface area contributed by atoms with Crippen LogP contribution in [0.25, 0.3) is 11.1 Å². The van der Waals surface area contributed by atoms with E-state index in [1.54, 1.807) is 30.4 Å². The van der Waals surface area contributed by atoms with Gasteiger partial charge in [0.05, 0.1) is 11.1 Å². The van der Waals surface area contributed by atoms with E-state index in [1.165, 1.54) is 0 Å². The molecule has 4 rings (SSSR count). The SMILES string of the molecule is O=C1OC2=CC=CC2=C1OC(=O)c1ccc(-c2ccccc2)cc1. The van der Waals surface area contributed by atoms with Gasteiger partial charge in [-0.2, -0.15) is 0 Å². The van der Waals surface area contributed by atoms with Crippen LogP contribution >= 0.6 is 0 Å². The predicted octanol–water partition coefficient (Wildman–Crippen LogP) is 3.78. The molecule has 24 heavy (non-hydrogen) atoms. The first kappa shape index (κ1) is 14.2. The van der Waals surface area contributed by atoms with Gasteiger partial charge in [0.1, 0.15) is 5.76 Å². The summed E-state index contributed by atoms with van der Waals surface area (Å²) >= 11 is 0. The molecule has 1 heterocycles. The Morgan fingerprint density at radius 3 is 2.38 bits per heavy atom. The summed E-state index contributed by atoms with van der Waals surface area (Å²) in [6.07, 6.45) is 5.07. The molecule has 1 aliphatic heterocycles. The number of benzene rings is 2. The van der Waals surface area contributed by atoms with E-state index in [4.69, 9.17) is 9.47 Å². The van der Waals surface area contributed by atoms with Crippen molar-refractivity contribution >= 4 is 11.9 Å². The minimum Gasteiger partial charge on any atom is -0.420 e. The summed E-state index contributed by atoms with van der Waals surface area (Å²) in [6, 6.07) is 16.9. The van der Waals surface area contributed by atoms with Crippen LogP contribution in [0.3, 0.4) is 0 Å². The number of rotatable bonds is 3. The maximum absolute atomic E-state index is 12.3. The molecular weight excluding hydrogens is 304 g/mol. The molecule has 2 aliphatic rings. The second-order valence-electron chi connectivity index (χ2n) is 5.36. The van der Waals surface area contributed by atoms with Crippen molar-refractivity contribution in [3.8, 4) is 11.1 Å². The zero-order valence-electron chi connectivity index (χ0n) is 12.6. The highest BCUT2D eigenvalue weighted by Crippen LogP contribution is 2.32. The lowest BCUT2D eigenvalue weighted by Gasteiger charge is -2.05. The van der Waals surface area contributed by atoms with Crippen molar-refractivity contribution in [2.24, 2.45) is 0 Å². The van der Waals surface area contributed by atoms with Crippen LogP contribution in [-0.4, -0.2) is 11.9 Å². The van der Waals surface area contributed by atoms with Crippen molar-refractivity contribution in [3.63, 3.8) is 0 Å². The molecule has 2 aromatic rings. The molecule has 116 valence electrons. The van der Waals surface area contributed by atoms with Gasteiger partial charge in [-0.1, -0.05) is 48.5 Å². The number of ether oxygens (including phenoxy) is 2. The fourth-order valence-corrected chi connectivity index (χ4v) is 2.61. The maximum atomic E-state index is 12.3. The summed E-state index contributed by atoms with van der Waals surface area (Å²) in [5.41, 5.74) is 2.94. The van der Waals surface area contributed by atoms with Crippen LogP contribution in [0.1, 0.15) is 10.4 Å². The number of allylic oxidation sites excluding steroid dienone is 3. The van der Waals surface area contributed by atoms with Crippen LogP contribution in [0.15, 0.2) is 89.9 Å². The lowest BCUT2D eigenvalue weighted by Crippen LogP contribution is -2.10. The van der Waals surface area contributed by atoms with E-state index in [0.29, 0.717) is 16.9 Å². The summed E-state index contributed by atoms with van der Waals surface area (Å²) in [4.78, 5) is 24.0. The first-order valence-corrected chi connectivity index (χ1v) is 7.45. The average Bonchev–Trinajstić information content (AvgIpc) is 3.18. The van der Waals surface area contributed by atoms with E-state index < -0.39 is 11.9 Å². The maximum Gasteiger partial charge on any atom is 0.380 e. The normalized spacial score (nSPS) is 15.2. The van der Waals surface area contributed by atoms with Gasteiger partial charge in [0, 0.05) is 0 Å². The highest BCUT2D eigenvalue weighted by Gasteiger charge is 2.33. The van der Waals surface area contributed by atoms with Crippen LogP contribution in [0, 0.1) is 0 Å². The molecule has 0 spiro atoms. The molecule has 1 aliphatic carbocycles. The highest BCUT2D eigenvalue weighted by molar-refractivity contribution is 5.99. The Morgan fingerprint density at radius 2 is 1.62 bits per heavy atom. The van der Waals surface area contributed by atoms with Gasteiger partial charge in [-0.15, -0.1) is 0 Å². The number of carbonyl (C=O) groups excluding carboxylic acids is 2. The second-order valence-corrected chi connectivity index (χ2v) is 5.36. The van der Waals surface area contributed by atoms with Crippen LogP contribution < -0.4 is 0 Å². The number of hydrogen-bond acceptors (Lipinski definition) is 4. The molecule has 0 radical (unpaired) electrons.